The molecule has 4 rings (SSSR count). The van der Waals surface area contributed by atoms with Gasteiger partial charge in [-0.15, -0.1) is 11.3 Å². The number of thiophene rings is 1. The van der Waals surface area contributed by atoms with Gasteiger partial charge < -0.3 is 0 Å². The maximum atomic E-state index is 5.08. The highest BCUT2D eigenvalue weighted by Crippen LogP contribution is 2.35. The van der Waals surface area contributed by atoms with Crippen molar-refractivity contribution in [3.8, 4) is 10.6 Å². The SMILES string of the molecule is CCCCc1csc(-c2ccc3ccc4cccnc4c3n2)c1CCCC. The van der Waals surface area contributed by atoms with Crippen LogP contribution in [0.25, 0.3) is 32.4 Å². The molecule has 27 heavy (non-hydrogen) atoms. The Morgan fingerprint density at radius 1 is 0.852 bits per heavy atom. The van der Waals surface area contributed by atoms with Crippen molar-refractivity contribution in [2.45, 2.75) is 52.4 Å². The highest BCUT2D eigenvalue weighted by Gasteiger charge is 2.15. The van der Waals surface area contributed by atoms with E-state index in [4.69, 9.17) is 4.98 Å². The average molecular weight is 375 g/mol. The molecule has 0 unspecified atom stereocenters. The van der Waals surface area contributed by atoms with Crippen LogP contribution in [0.1, 0.15) is 50.7 Å². The van der Waals surface area contributed by atoms with Gasteiger partial charge >= 0.3 is 0 Å². The zero-order valence-corrected chi connectivity index (χ0v) is 17.0. The van der Waals surface area contributed by atoms with E-state index in [1.807, 2.05) is 23.6 Å². The predicted molar refractivity (Wildman–Crippen MR) is 118 cm³/mol. The fourth-order valence-electron chi connectivity index (χ4n) is 3.69. The number of hydrogen-bond donors (Lipinski definition) is 0. The summed E-state index contributed by atoms with van der Waals surface area (Å²) in [7, 11) is 0. The summed E-state index contributed by atoms with van der Waals surface area (Å²) in [5, 5.41) is 4.67. The Hall–Kier alpha value is -2.26. The van der Waals surface area contributed by atoms with Crippen LogP contribution in [-0.2, 0) is 12.8 Å². The molecule has 0 atom stereocenters. The van der Waals surface area contributed by atoms with Crippen LogP contribution in [0.3, 0.4) is 0 Å². The van der Waals surface area contributed by atoms with E-state index in [1.165, 1.54) is 48.1 Å². The summed E-state index contributed by atoms with van der Waals surface area (Å²) in [6.07, 6.45) is 9.16. The van der Waals surface area contributed by atoms with E-state index >= 15 is 0 Å². The summed E-state index contributed by atoms with van der Waals surface area (Å²) in [5.74, 6) is 0. The van der Waals surface area contributed by atoms with Gasteiger partial charge in [-0.3, -0.25) is 4.98 Å². The first-order valence-corrected chi connectivity index (χ1v) is 10.9. The van der Waals surface area contributed by atoms with Crippen LogP contribution < -0.4 is 0 Å². The van der Waals surface area contributed by atoms with Crippen LogP contribution >= 0.6 is 11.3 Å². The molecular weight excluding hydrogens is 348 g/mol. The number of unbranched alkanes of at least 4 members (excludes halogenated alkanes) is 2. The molecule has 3 heterocycles. The van der Waals surface area contributed by atoms with Gasteiger partial charge in [0.1, 0.15) is 0 Å². The molecule has 138 valence electrons. The zero-order chi connectivity index (χ0) is 18.6. The molecule has 0 aliphatic rings. The molecule has 1 aromatic carbocycles. The van der Waals surface area contributed by atoms with Gasteiger partial charge in [-0.05, 0) is 54.3 Å². The van der Waals surface area contributed by atoms with E-state index in [9.17, 15) is 0 Å². The second-order valence-corrected chi connectivity index (χ2v) is 8.06. The molecular formula is C24H26N2S. The standard InChI is InChI=1S/C24H26N2S/c1-3-5-8-19-16-27-24(20(19)10-6-4-2)21-14-13-18-12-11-17-9-7-15-25-22(17)23(18)26-21/h7,9,11-16H,3-6,8,10H2,1-2H3. The van der Waals surface area contributed by atoms with Crippen molar-refractivity contribution in [1.82, 2.24) is 9.97 Å². The van der Waals surface area contributed by atoms with Crippen LogP contribution in [-0.4, -0.2) is 9.97 Å². The number of rotatable bonds is 7. The summed E-state index contributed by atoms with van der Waals surface area (Å²) in [6.45, 7) is 4.53. The van der Waals surface area contributed by atoms with E-state index in [1.54, 1.807) is 0 Å². The van der Waals surface area contributed by atoms with E-state index in [-0.39, 0.29) is 0 Å². The van der Waals surface area contributed by atoms with E-state index < -0.39 is 0 Å². The van der Waals surface area contributed by atoms with Gasteiger partial charge in [0.05, 0.1) is 21.6 Å². The smallest absolute Gasteiger partial charge is 0.0972 e. The second-order valence-electron chi connectivity index (χ2n) is 7.18. The monoisotopic (exact) mass is 374 g/mol. The largest absolute Gasteiger partial charge is 0.254 e. The summed E-state index contributed by atoms with van der Waals surface area (Å²) in [6, 6.07) is 12.8. The minimum atomic E-state index is 0.995. The third kappa shape index (κ3) is 3.61. The van der Waals surface area contributed by atoms with Crippen molar-refractivity contribution >= 4 is 33.1 Å². The fourth-order valence-corrected chi connectivity index (χ4v) is 4.82. The van der Waals surface area contributed by atoms with Gasteiger partial charge in [-0.2, -0.15) is 0 Å². The van der Waals surface area contributed by atoms with Gasteiger partial charge in [0.2, 0.25) is 0 Å². The topological polar surface area (TPSA) is 25.8 Å². The third-order valence-corrected chi connectivity index (χ3v) is 6.32. The molecule has 0 amide bonds. The molecule has 2 nitrogen and oxygen atoms in total. The lowest BCUT2D eigenvalue weighted by Gasteiger charge is -2.09. The van der Waals surface area contributed by atoms with Crippen molar-refractivity contribution in [3.05, 3.63) is 59.1 Å². The molecule has 0 saturated carbocycles. The number of pyridine rings is 2. The van der Waals surface area contributed by atoms with Crippen molar-refractivity contribution in [3.63, 3.8) is 0 Å². The van der Waals surface area contributed by atoms with Crippen molar-refractivity contribution in [1.29, 1.82) is 0 Å². The minimum Gasteiger partial charge on any atom is -0.254 e. The Balaban J connectivity index is 1.83. The van der Waals surface area contributed by atoms with Crippen molar-refractivity contribution in [2.75, 3.05) is 0 Å². The van der Waals surface area contributed by atoms with Gasteiger partial charge in [-0.1, -0.05) is 51.0 Å². The van der Waals surface area contributed by atoms with Crippen LogP contribution in [0.5, 0.6) is 0 Å². The lowest BCUT2D eigenvalue weighted by molar-refractivity contribution is 0.763. The lowest BCUT2D eigenvalue weighted by Crippen LogP contribution is -1.94. The molecule has 4 aromatic rings. The van der Waals surface area contributed by atoms with Crippen molar-refractivity contribution < 1.29 is 0 Å². The lowest BCUT2D eigenvalue weighted by atomic mass is 9.99. The Labute approximate surface area is 165 Å². The molecule has 0 radical (unpaired) electrons. The van der Waals surface area contributed by atoms with E-state index in [0.29, 0.717) is 0 Å². The molecule has 0 fully saturated rings. The van der Waals surface area contributed by atoms with Crippen LogP contribution in [0, 0.1) is 0 Å². The maximum absolute atomic E-state index is 5.08. The Morgan fingerprint density at radius 2 is 1.59 bits per heavy atom. The number of nitrogens with zero attached hydrogens (tertiary/aromatic N) is 2. The Bertz CT molecular complexity index is 1060. The van der Waals surface area contributed by atoms with Crippen LogP contribution in [0.15, 0.2) is 48.0 Å². The highest BCUT2D eigenvalue weighted by molar-refractivity contribution is 7.13. The number of fused-ring (bicyclic) bond motifs is 3. The quantitative estimate of drug-likeness (QED) is 0.320. The highest BCUT2D eigenvalue weighted by atomic mass is 32.1. The van der Waals surface area contributed by atoms with E-state index in [0.717, 1.165) is 33.9 Å². The summed E-state index contributed by atoms with van der Waals surface area (Å²) in [5.41, 5.74) is 6.16. The predicted octanol–water partition coefficient (Wildman–Crippen LogP) is 7.20. The molecule has 0 N–H and O–H groups in total. The molecule has 3 heteroatoms. The van der Waals surface area contributed by atoms with E-state index in [2.05, 4.69) is 54.5 Å². The molecule has 0 aliphatic carbocycles. The molecule has 3 aromatic heterocycles. The van der Waals surface area contributed by atoms with Gasteiger partial charge in [0.25, 0.3) is 0 Å². The third-order valence-electron chi connectivity index (χ3n) is 5.23. The summed E-state index contributed by atoms with van der Waals surface area (Å²) in [4.78, 5) is 11.0. The summed E-state index contributed by atoms with van der Waals surface area (Å²) >= 11 is 1.86. The number of aromatic nitrogens is 2. The van der Waals surface area contributed by atoms with Crippen molar-refractivity contribution in [2.24, 2.45) is 0 Å². The maximum Gasteiger partial charge on any atom is 0.0972 e. The van der Waals surface area contributed by atoms with Gasteiger partial charge in [0, 0.05) is 17.0 Å². The molecule has 0 spiro atoms. The van der Waals surface area contributed by atoms with Gasteiger partial charge in [0.15, 0.2) is 0 Å². The van der Waals surface area contributed by atoms with Crippen LogP contribution in [0.2, 0.25) is 0 Å². The average Bonchev–Trinajstić information content (AvgIpc) is 3.12. The normalized spacial score (nSPS) is 11.5. The molecule has 0 aliphatic heterocycles. The second kappa shape index (κ2) is 8.18. The minimum absolute atomic E-state index is 0.995. The first kappa shape index (κ1) is 18.1. The fraction of sp³-hybridized carbons (Fsp3) is 0.333. The molecule has 0 bridgehead atoms. The zero-order valence-electron chi connectivity index (χ0n) is 16.2. The number of hydrogen-bond acceptors (Lipinski definition) is 3. The first-order valence-electron chi connectivity index (χ1n) is 10.1. The van der Waals surface area contributed by atoms with Crippen LogP contribution in [0.4, 0.5) is 0 Å². The first-order chi connectivity index (χ1) is 13.3. The Morgan fingerprint density at radius 3 is 2.41 bits per heavy atom. The number of aryl methyl sites for hydroxylation is 1. The Kier molecular flexibility index (Phi) is 5.49. The molecule has 0 saturated heterocycles. The van der Waals surface area contributed by atoms with Gasteiger partial charge in [-0.25, -0.2) is 4.98 Å². The summed E-state index contributed by atoms with van der Waals surface area (Å²) < 4.78 is 0. The number of benzene rings is 1.